The molecule has 0 heterocycles. The van der Waals surface area contributed by atoms with Crippen molar-refractivity contribution in [3.8, 4) is 5.75 Å². The highest BCUT2D eigenvalue weighted by Crippen LogP contribution is 2.29. The minimum absolute atomic E-state index is 0.563. The second-order valence-electron chi connectivity index (χ2n) is 5.65. The Morgan fingerprint density at radius 3 is 2.12 bits per heavy atom. The van der Waals surface area contributed by atoms with E-state index in [1.807, 2.05) is 24.3 Å². The lowest BCUT2D eigenvalue weighted by atomic mass is 10.1. The molecule has 0 radical (unpaired) electrons. The van der Waals surface area contributed by atoms with Gasteiger partial charge in [-0.3, -0.25) is 4.99 Å². The molecule has 2 aromatic rings. The summed E-state index contributed by atoms with van der Waals surface area (Å²) >= 11 is 0. The lowest BCUT2D eigenvalue weighted by Gasteiger charge is -2.12. The highest BCUT2D eigenvalue weighted by atomic mass is 19.4. The fraction of sp³-hybridized carbons (Fsp3) is 0.316. The summed E-state index contributed by atoms with van der Waals surface area (Å²) in [6, 6.07) is 12.9. The topological polar surface area (TPSA) is 45.7 Å². The Balaban J connectivity index is 1.77. The van der Waals surface area contributed by atoms with E-state index in [1.165, 1.54) is 12.1 Å². The van der Waals surface area contributed by atoms with Gasteiger partial charge in [0.15, 0.2) is 5.96 Å². The average molecular weight is 365 g/mol. The first-order valence-electron chi connectivity index (χ1n) is 8.16. The molecule has 0 atom stereocenters. The third-order valence-corrected chi connectivity index (χ3v) is 3.83. The molecule has 0 aromatic heterocycles. The fourth-order valence-corrected chi connectivity index (χ4v) is 2.34. The third-order valence-electron chi connectivity index (χ3n) is 3.83. The van der Waals surface area contributed by atoms with Crippen LogP contribution in [-0.4, -0.2) is 26.7 Å². The van der Waals surface area contributed by atoms with Crippen LogP contribution in [0.25, 0.3) is 0 Å². The molecule has 26 heavy (non-hydrogen) atoms. The average Bonchev–Trinajstić information content (AvgIpc) is 2.64. The molecule has 140 valence electrons. The first-order chi connectivity index (χ1) is 12.4. The Kier molecular flexibility index (Phi) is 6.89. The van der Waals surface area contributed by atoms with Gasteiger partial charge >= 0.3 is 6.18 Å². The number of benzene rings is 2. The zero-order chi connectivity index (χ0) is 19.0. The Morgan fingerprint density at radius 1 is 0.962 bits per heavy atom. The monoisotopic (exact) mass is 365 g/mol. The number of aliphatic imine (C=N–C) groups is 1. The molecule has 0 aliphatic carbocycles. The van der Waals surface area contributed by atoms with Crippen molar-refractivity contribution < 1.29 is 17.9 Å². The Bertz CT molecular complexity index is 710. The van der Waals surface area contributed by atoms with E-state index in [4.69, 9.17) is 4.74 Å². The largest absolute Gasteiger partial charge is 0.497 e. The van der Waals surface area contributed by atoms with Crippen molar-refractivity contribution in [3.05, 3.63) is 65.2 Å². The van der Waals surface area contributed by atoms with E-state index in [-0.39, 0.29) is 0 Å². The zero-order valence-electron chi connectivity index (χ0n) is 14.7. The Morgan fingerprint density at radius 2 is 1.58 bits per heavy atom. The Labute approximate surface area is 151 Å². The van der Waals surface area contributed by atoms with Gasteiger partial charge in [-0.15, -0.1) is 0 Å². The lowest BCUT2D eigenvalue weighted by Crippen LogP contribution is -2.37. The number of ether oxygens (including phenoxy) is 1. The van der Waals surface area contributed by atoms with Crippen LogP contribution >= 0.6 is 0 Å². The van der Waals surface area contributed by atoms with E-state index < -0.39 is 11.7 Å². The summed E-state index contributed by atoms with van der Waals surface area (Å²) in [4.78, 5) is 4.14. The minimum atomic E-state index is -4.30. The number of alkyl halides is 3. The molecular formula is C19H22F3N3O. The molecule has 0 aliphatic rings. The van der Waals surface area contributed by atoms with Crippen LogP contribution in [-0.2, 0) is 19.1 Å². The number of rotatable bonds is 6. The molecule has 0 aliphatic heterocycles. The maximum Gasteiger partial charge on any atom is 0.416 e. The van der Waals surface area contributed by atoms with E-state index >= 15 is 0 Å². The van der Waals surface area contributed by atoms with Crippen LogP contribution in [0.3, 0.4) is 0 Å². The van der Waals surface area contributed by atoms with Gasteiger partial charge in [-0.25, -0.2) is 0 Å². The van der Waals surface area contributed by atoms with Gasteiger partial charge in [0.25, 0.3) is 0 Å². The molecule has 2 rings (SSSR count). The molecule has 4 nitrogen and oxygen atoms in total. The molecule has 0 fully saturated rings. The molecule has 0 spiro atoms. The van der Waals surface area contributed by atoms with E-state index in [0.717, 1.165) is 29.0 Å². The summed E-state index contributed by atoms with van der Waals surface area (Å²) in [7, 11) is 3.29. The number of nitrogens with one attached hydrogen (secondary N) is 2. The normalized spacial score (nSPS) is 12.0. The van der Waals surface area contributed by atoms with Crippen LogP contribution in [0.1, 0.15) is 16.7 Å². The Hall–Kier alpha value is -2.70. The molecule has 0 amide bonds. The molecule has 2 N–H and O–H groups in total. The van der Waals surface area contributed by atoms with Crippen molar-refractivity contribution in [3.63, 3.8) is 0 Å². The van der Waals surface area contributed by atoms with Gasteiger partial charge in [0.2, 0.25) is 0 Å². The van der Waals surface area contributed by atoms with Gasteiger partial charge < -0.3 is 15.4 Å². The van der Waals surface area contributed by atoms with Crippen molar-refractivity contribution in [2.75, 3.05) is 20.7 Å². The number of halogens is 3. The minimum Gasteiger partial charge on any atom is -0.497 e. The SMILES string of the molecule is CN=C(NCCc1ccc(C(F)(F)F)cc1)NCc1ccc(OC)cc1. The first-order valence-corrected chi connectivity index (χ1v) is 8.16. The molecule has 0 saturated carbocycles. The van der Waals surface area contributed by atoms with Gasteiger partial charge in [0, 0.05) is 20.1 Å². The van der Waals surface area contributed by atoms with Gasteiger partial charge in [-0.1, -0.05) is 24.3 Å². The maximum absolute atomic E-state index is 12.5. The van der Waals surface area contributed by atoms with E-state index in [0.29, 0.717) is 25.5 Å². The van der Waals surface area contributed by atoms with Gasteiger partial charge in [0.1, 0.15) is 5.75 Å². The summed E-state index contributed by atoms with van der Waals surface area (Å²) in [5.74, 6) is 1.43. The molecule has 0 saturated heterocycles. The summed E-state index contributed by atoms with van der Waals surface area (Å²) in [6.45, 7) is 1.16. The van der Waals surface area contributed by atoms with Crippen LogP contribution in [0.15, 0.2) is 53.5 Å². The summed E-state index contributed by atoms with van der Waals surface area (Å²) in [5, 5.41) is 6.34. The number of guanidine groups is 1. The second kappa shape index (κ2) is 9.12. The van der Waals surface area contributed by atoms with E-state index in [2.05, 4.69) is 15.6 Å². The smallest absolute Gasteiger partial charge is 0.416 e. The van der Waals surface area contributed by atoms with Crippen LogP contribution in [0.5, 0.6) is 5.75 Å². The van der Waals surface area contributed by atoms with Crippen LogP contribution in [0.4, 0.5) is 13.2 Å². The highest BCUT2D eigenvalue weighted by Gasteiger charge is 2.29. The lowest BCUT2D eigenvalue weighted by molar-refractivity contribution is -0.137. The summed E-state index contributed by atoms with van der Waals surface area (Å²) in [6.07, 6.45) is -3.70. The van der Waals surface area contributed by atoms with E-state index in [9.17, 15) is 13.2 Å². The van der Waals surface area contributed by atoms with Crippen molar-refractivity contribution >= 4 is 5.96 Å². The van der Waals surface area contributed by atoms with Gasteiger partial charge in [0.05, 0.1) is 12.7 Å². The first kappa shape index (κ1) is 19.6. The summed E-state index contributed by atoms with van der Waals surface area (Å²) in [5.41, 5.74) is 1.28. The van der Waals surface area contributed by atoms with Gasteiger partial charge in [-0.05, 0) is 41.8 Å². The van der Waals surface area contributed by atoms with E-state index in [1.54, 1.807) is 14.2 Å². The molecule has 0 unspecified atom stereocenters. The maximum atomic E-state index is 12.5. The molecular weight excluding hydrogens is 343 g/mol. The van der Waals surface area contributed by atoms with Crippen molar-refractivity contribution in [2.45, 2.75) is 19.1 Å². The second-order valence-corrected chi connectivity index (χ2v) is 5.65. The summed E-state index contributed by atoms with van der Waals surface area (Å²) < 4.78 is 42.8. The number of hydrogen-bond donors (Lipinski definition) is 2. The number of methoxy groups -OCH3 is 1. The van der Waals surface area contributed by atoms with Crippen LogP contribution < -0.4 is 15.4 Å². The fourth-order valence-electron chi connectivity index (χ4n) is 2.34. The standard InChI is InChI=1S/C19H22F3N3O/c1-23-18(25-13-15-5-9-17(26-2)10-6-15)24-12-11-14-3-7-16(8-4-14)19(20,21)22/h3-10H,11-13H2,1-2H3,(H2,23,24,25). The van der Waals surface area contributed by atoms with Crippen molar-refractivity contribution in [2.24, 2.45) is 4.99 Å². The van der Waals surface area contributed by atoms with Crippen LogP contribution in [0, 0.1) is 0 Å². The highest BCUT2D eigenvalue weighted by molar-refractivity contribution is 5.79. The quantitative estimate of drug-likeness (QED) is 0.607. The van der Waals surface area contributed by atoms with Crippen LogP contribution in [0.2, 0.25) is 0 Å². The molecule has 2 aromatic carbocycles. The van der Waals surface area contributed by atoms with Crippen molar-refractivity contribution in [1.82, 2.24) is 10.6 Å². The number of nitrogens with zero attached hydrogens (tertiary/aromatic N) is 1. The predicted molar refractivity (Wildman–Crippen MR) is 96.3 cm³/mol. The third kappa shape index (κ3) is 5.98. The molecule has 7 heteroatoms. The zero-order valence-corrected chi connectivity index (χ0v) is 14.7. The molecule has 0 bridgehead atoms. The van der Waals surface area contributed by atoms with Gasteiger partial charge in [-0.2, -0.15) is 13.2 Å². The van der Waals surface area contributed by atoms with Crippen molar-refractivity contribution in [1.29, 1.82) is 0 Å². The predicted octanol–water partition coefficient (Wildman–Crippen LogP) is 3.62. The number of hydrogen-bond acceptors (Lipinski definition) is 2.